The van der Waals surface area contributed by atoms with E-state index in [2.05, 4.69) is 10.3 Å². The first-order valence-corrected chi connectivity index (χ1v) is 7.82. The number of nitro benzene ring substituents is 1. The van der Waals surface area contributed by atoms with E-state index in [9.17, 15) is 19.7 Å². The molecule has 0 bridgehead atoms. The van der Waals surface area contributed by atoms with Gasteiger partial charge in [0.05, 0.1) is 11.0 Å². The summed E-state index contributed by atoms with van der Waals surface area (Å²) in [7, 11) is 0. The predicted octanol–water partition coefficient (Wildman–Crippen LogP) is 3.04. The van der Waals surface area contributed by atoms with Crippen LogP contribution in [0.3, 0.4) is 0 Å². The number of amides is 2. The number of ether oxygens (including phenoxy) is 1. The number of non-ortho nitro benzene ring substituents is 1. The van der Waals surface area contributed by atoms with Gasteiger partial charge in [-0.1, -0.05) is 30.3 Å². The number of para-hydroxylation sites is 1. The quantitative estimate of drug-likeness (QED) is 0.393. The lowest BCUT2D eigenvalue weighted by Gasteiger charge is -2.29. The van der Waals surface area contributed by atoms with E-state index in [0.29, 0.717) is 17.0 Å². The van der Waals surface area contributed by atoms with Gasteiger partial charge < -0.3 is 10.1 Å². The molecule has 2 aromatic carbocycles. The minimum atomic E-state index is -0.839. The number of urea groups is 1. The fourth-order valence-electron chi connectivity index (χ4n) is 2.77. The van der Waals surface area contributed by atoms with E-state index in [1.165, 1.54) is 24.3 Å². The molecule has 0 saturated heterocycles. The van der Waals surface area contributed by atoms with Gasteiger partial charge in [0.25, 0.3) is 5.69 Å². The van der Waals surface area contributed by atoms with Crippen molar-refractivity contribution in [2.45, 2.75) is 13.0 Å². The van der Waals surface area contributed by atoms with E-state index in [1.54, 1.807) is 37.3 Å². The number of aliphatic imine (C=N–C) groups is 1. The molecule has 2 aromatic rings. The molecule has 0 radical (unpaired) electrons. The Morgan fingerprint density at radius 3 is 2.42 bits per heavy atom. The molecule has 8 heteroatoms. The summed E-state index contributed by atoms with van der Waals surface area (Å²) >= 11 is 0. The maximum absolute atomic E-state index is 12.7. The van der Waals surface area contributed by atoms with E-state index >= 15 is 0 Å². The van der Waals surface area contributed by atoms with Crippen LogP contribution in [0, 0.1) is 16.0 Å². The van der Waals surface area contributed by atoms with Crippen molar-refractivity contribution in [3.8, 4) is 5.75 Å². The Hall–Kier alpha value is -3.55. The standard InChI is InChI=1S/C18H15N3O5/c1-11-15(17(22)26-14-5-3-2-4-6-14)16(20-18(23)19-11)12-7-9-13(10-8-12)21(24)25/h2-10,15-16H,1H3,(H,20,23). The summed E-state index contributed by atoms with van der Waals surface area (Å²) in [4.78, 5) is 38.6. The molecule has 2 atom stereocenters. The van der Waals surface area contributed by atoms with Gasteiger partial charge in [-0.3, -0.25) is 14.9 Å². The summed E-state index contributed by atoms with van der Waals surface area (Å²) in [5.41, 5.74) is 0.788. The van der Waals surface area contributed by atoms with Crippen molar-refractivity contribution in [2.24, 2.45) is 10.9 Å². The highest BCUT2D eigenvalue weighted by Crippen LogP contribution is 2.29. The van der Waals surface area contributed by atoms with Crippen LogP contribution in [-0.2, 0) is 4.79 Å². The number of nitro groups is 1. The van der Waals surface area contributed by atoms with Gasteiger partial charge >= 0.3 is 12.0 Å². The zero-order valence-corrected chi connectivity index (χ0v) is 13.8. The third-order valence-electron chi connectivity index (χ3n) is 4.02. The zero-order valence-electron chi connectivity index (χ0n) is 13.8. The average Bonchev–Trinajstić information content (AvgIpc) is 2.61. The lowest BCUT2D eigenvalue weighted by atomic mass is 9.88. The summed E-state index contributed by atoms with van der Waals surface area (Å²) in [6.07, 6.45) is 0. The zero-order chi connectivity index (χ0) is 18.7. The van der Waals surface area contributed by atoms with Gasteiger partial charge in [-0.05, 0) is 24.6 Å². The maximum Gasteiger partial charge on any atom is 0.341 e. The minimum Gasteiger partial charge on any atom is -0.426 e. The highest BCUT2D eigenvalue weighted by Gasteiger charge is 2.38. The molecule has 0 spiro atoms. The van der Waals surface area contributed by atoms with Crippen LogP contribution in [0.1, 0.15) is 18.5 Å². The molecule has 2 unspecified atom stereocenters. The van der Waals surface area contributed by atoms with Gasteiger partial charge in [0.2, 0.25) is 0 Å². The van der Waals surface area contributed by atoms with Crippen LogP contribution in [0.4, 0.5) is 10.5 Å². The Bertz CT molecular complexity index is 877. The van der Waals surface area contributed by atoms with Crippen LogP contribution in [0.15, 0.2) is 59.6 Å². The molecule has 1 aliphatic rings. The number of nitrogens with zero attached hydrogens (tertiary/aromatic N) is 2. The Balaban J connectivity index is 1.91. The van der Waals surface area contributed by atoms with E-state index in [4.69, 9.17) is 4.74 Å². The third kappa shape index (κ3) is 3.59. The molecular weight excluding hydrogens is 338 g/mol. The summed E-state index contributed by atoms with van der Waals surface area (Å²) in [5.74, 6) is -1.03. The highest BCUT2D eigenvalue weighted by atomic mass is 16.6. The van der Waals surface area contributed by atoms with E-state index < -0.39 is 28.9 Å². The monoisotopic (exact) mass is 353 g/mol. The molecular formula is C18H15N3O5. The predicted molar refractivity (Wildman–Crippen MR) is 93.0 cm³/mol. The van der Waals surface area contributed by atoms with Crippen LogP contribution < -0.4 is 10.1 Å². The number of esters is 1. The number of carbonyl (C=O) groups excluding carboxylic acids is 2. The van der Waals surface area contributed by atoms with E-state index in [0.717, 1.165) is 0 Å². The number of carbonyl (C=O) groups is 2. The van der Waals surface area contributed by atoms with Crippen molar-refractivity contribution in [2.75, 3.05) is 0 Å². The number of hydrogen-bond acceptors (Lipinski definition) is 5. The first-order valence-electron chi connectivity index (χ1n) is 7.82. The first-order chi connectivity index (χ1) is 12.5. The molecule has 0 fully saturated rings. The van der Waals surface area contributed by atoms with Gasteiger partial charge in [0, 0.05) is 17.8 Å². The SMILES string of the molecule is CC1=NC(=O)NC(c2ccc([N+](=O)[O-])cc2)C1C(=O)Oc1ccccc1. The minimum absolute atomic E-state index is 0.0790. The van der Waals surface area contributed by atoms with E-state index in [1.807, 2.05) is 0 Å². The average molecular weight is 353 g/mol. The van der Waals surface area contributed by atoms with Crippen LogP contribution in [0.5, 0.6) is 5.75 Å². The molecule has 0 aromatic heterocycles. The number of benzene rings is 2. The topological polar surface area (TPSA) is 111 Å². The Labute approximate surface area is 148 Å². The lowest BCUT2D eigenvalue weighted by Crippen LogP contribution is -2.45. The molecule has 0 saturated carbocycles. The molecule has 8 nitrogen and oxygen atoms in total. The van der Waals surface area contributed by atoms with E-state index in [-0.39, 0.29) is 5.69 Å². The van der Waals surface area contributed by atoms with Gasteiger partial charge in [0.1, 0.15) is 11.7 Å². The lowest BCUT2D eigenvalue weighted by molar-refractivity contribution is -0.384. The maximum atomic E-state index is 12.7. The second-order valence-electron chi connectivity index (χ2n) is 5.74. The number of nitrogens with one attached hydrogen (secondary N) is 1. The van der Waals surface area contributed by atoms with Crippen LogP contribution >= 0.6 is 0 Å². The molecule has 1 N–H and O–H groups in total. The summed E-state index contributed by atoms with van der Waals surface area (Å²) < 4.78 is 5.39. The van der Waals surface area contributed by atoms with Gasteiger partial charge in [0.15, 0.2) is 0 Å². The van der Waals surface area contributed by atoms with Crippen LogP contribution in [0.2, 0.25) is 0 Å². The Morgan fingerprint density at radius 1 is 1.15 bits per heavy atom. The Kier molecular flexibility index (Phi) is 4.74. The highest BCUT2D eigenvalue weighted by molar-refractivity contribution is 6.08. The normalized spacial score (nSPS) is 19.3. The third-order valence-corrected chi connectivity index (χ3v) is 4.02. The van der Waals surface area contributed by atoms with Gasteiger partial charge in [-0.25, -0.2) is 9.79 Å². The van der Waals surface area contributed by atoms with Crippen molar-refractivity contribution in [1.82, 2.24) is 5.32 Å². The smallest absolute Gasteiger partial charge is 0.341 e. The van der Waals surface area contributed by atoms with Gasteiger partial charge in [-0.2, -0.15) is 0 Å². The second kappa shape index (κ2) is 7.14. The number of rotatable bonds is 4. The molecule has 132 valence electrons. The molecule has 0 aliphatic carbocycles. The summed E-state index contributed by atoms with van der Waals surface area (Å²) in [6, 6.07) is 12.9. The fraction of sp³-hybridized carbons (Fsp3) is 0.167. The Morgan fingerprint density at radius 2 is 1.81 bits per heavy atom. The van der Waals surface area contributed by atoms with Crippen LogP contribution in [0.25, 0.3) is 0 Å². The largest absolute Gasteiger partial charge is 0.426 e. The fourth-order valence-corrected chi connectivity index (χ4v) is 2.77. The second-order valence-corrected chi connectivity index (χ2v) is 5.74. The molecule has 1 aliphatic heterocycles. The van der Waals surface area contributed by atoms with Crippen molar-refractivity contribution < 1.29 is 19.2 Å². The van der Waals surface area contributed by atoms with Crippen molar-refractivity contribution in [1.29, 1.82) is 0 Å². The number of hydrogen-bond donors (Lipinski definition) is 1. The molecule has 3 rings (SSSR count). The molecule has 2 amide bonds. The summed E-state index contributed by atoms with van der Waals surface area (Å²) in [6.45, 7) is 1.58. The molecule has 26 heavy (non-hydrogen) atoms. The van der Waals surface area contributed by atoms with Gasteiger partial charge in [-0.15, -0.1) is 0 Å². The summed E-state index contributed by atoms with van der Waals surface area (Å²) in [5, 5.41) is 13.4. The van der Waals surface area contributed by atoms with Crippen molar-refractivity contribution >= 4 is 23.4 Å². The first kappa shape index (κ1) is 17.3. The molecule has 1 heterocycles. The van der Waals surface area contributed by atoms with Crippen LogP contribution in [-0.4, -0.2) is 22.6 Å². The van der Waals surface area contributed by atoms with Crippen molar-refractivity contribution in [3.05, 3.63) is 70.3 Å². The van der Waals surface area contributed by atoms with Crippen molar-refractivity contribution in [3.63, 3.8) is 0 Å².